The van der Waals surface area contributed by atoms with Gasteiger partial charge < -0.3 is 18.9 Å². The summed E-state index contributed by atoms with van der Waals surface area (Å²) in [5, 5.41) is 0. The number of hydrogen-bond acceptors (Lipinski definition) is 7. The van der Waals surface area contributed by atoms with Crippen LogP contribution in [-0.4, -0.2) is 55.9 Å². The van der Waals surface area contributed by atoms with Crippen LogP contribution in [0.4, 0.5) is 0 Å². The van der Waals surface area contributed by atoms with Crippen LogP contribution >= 0.6 is 0 Å². The van der Waals surface area contributed by atoms with E-state index >= 15 is 0 Å². The van der Waals surface area contributed by atoms with Gasteiger partial charge in [-0.05, 0) is 53.0 Å². The molecule has 2 unspecified atom stereocenters. The molecule has 0 N–H and O–H groups in total. The first-order valence-corrected chi connectivity index (χ1v) is 11.4. The van der Waals surface area contributed by atoms with Crippen molar-refractivity contribution in [1.29, 1.82) is 0 Å². The average molecular weight is 451 g/mol. The zero-order valence-corrected chi connectivity index (χ0v) is 20.1. The number of carbonyl (C=O) groups excluding carboxylic acids is 3. The number of allylic oxidation sites excluding steroid dienone is 2. The molecule has 2 aliphatic carbocycles. The molecule has 0 spiro atoms. The first-order chi connectivity index (χ1) is 15.0. The first-order valence-electron chi connectivity index (χ1n) is 11.4. The molecule has 0 saturated heterocycles. The quantitative estimate of drug-likeness (QED) is 0.348. The number of ether oxygens (including phenoxy) is 4. The highest BCUT2D eigenvalue weighted by atomic mass is 16.6. The number of esters is 2. The van der Waals surface area contributed by atoms with Crippen molar-refractivity contribution in [2.75, 3.05) is 26.9 Å². The normalized spacial score (nSPS) is 23.0. The van der Waals surface area contributed by atoms with Crippen LogP contribution in [0.5, 0.6) is 0 Å². The van der Waals surface area contributed by atoms with Crippen molar-refractivity contribution < 1.29 is 33.3 Å². The fourth-order valence-electron chi connectivity index (χ4n) is 4.26. The van der Waals surface area contributed by atoms with Gasteiger partial charge in [0.05, 0.1) is 31.2 Å². The molecular weight excluding hydrogens is 412 g/mol. The predicted octanol–water partition coefficient (Wildman–Crippen LogP) is 3.94. The molecular formula is C25H38O7. The summed E-state index contributed by atoms with van der Waals surface area (Å²) in [5.41, 5.74) is -2.77. The van der Waals surface area contributed by atoms with Crippen LogP contribution in [0, 0.1) is 11.3 Å². The molecule has 0 aromatic heterocycles. The van der Waals surface area contributed by atoms with Gasteiger partial charge in [0.25, 0.3) is 0 Å². The van der Waals surface area contributed by atoms with Crippen LogP contribution in [0.1, 0.15) is 66.2 Å². The Bertz CT molecular complexity index is 725. The zero-order chi connectivity index (χ0) is 23.8. The van der Waals surface area contributed by atoms with Crippen LogP contribution in [0.2, 0.25) is 0 Å². The Balaban J connectivity index is 2.22. The maximum Gasteiger partial charge on any atom is 0.313 e. The van der Waals surface area contributed by atoms with E-state index < -0.39 is 34.5 Å². The van der Waals surface area contributed by atoms with E-state index in [1.807, 2.05) is 32.9 Å². The standard InChI is InChI=1S/C25H38O7/c1-19(26)25(13-7-6-8-14-25)32-22(28)24(11-9-10-12-24)17-20(18-30-16-15-29-5)21(27)31-23(2,3)4/h6-8,13,20H,9-12,14-18H2,1-5H3. The number of hydrogen-bond donors (Lipinski definition) is 0. The third kappa shape index (κ3) is 7.01. The van der Waals surface area contributed by atoms with Gasteiger partial charge in [-0.1, -0.05) is 31.1 Å². The fraction of sp³-hybridized carbons (Fsp3) is 0.720. The molecule has 180 valence electrons. The van der Waals surface area contributed by atoms with E-state index in [1.165, 1.54) is 6.92 Å². The van der Waals surface area contributed by atoms with Gasteiger partial charge in [0.1, 0.15) is 5.60 Å². The molecule has 7 nitrogen and oxygen atoms in total. The van der Waals surface area contributed by atoms with Crippen molar-refractivity contribution in [3.63, 3.8) is 0 Å². The first kappa shape index (κ1) is 26.3. The minimum absolute atomic E-state index is 0.133. The summed E-state index contributed by atoms with van der Waals surface area (Å²) in [7, 11) is 1.58. The van der Waals surface area contributed by atoms with E-state index in [-0.39, 0.29) is 18.8 Å². The molecule has 0 aliphatic heterocycles. The molecule has 32 heavy (non-hydrogen) atoms. The topological polar surface area (TPSA) is 88.1 Å². The van der Waals surface area contributed by atoms with E-state index in [1.54, 1.807) is 19.3 Å². The van der Waals surface area contributed by atoms with Crippen molar-refractivity contribution in [1.82, 2.24) is 0 Å². The largest absolute Gasteiger partial charge is 0.460 e. The van der Waals surface area contributed by atoms with Gasteiger partial charge in [-0.2, -0.15) is 0 Å². The van der Waals surface area contributed by atoms with Crippen LogP contribution < -0.4 is 0 Å². The Morgan fingerprint density at radius 2 is 1.75 bits per heavy atom. The van der Waals surface area contributed by atoms with Crippen LogP contribution in [0.25, 0.3) is 0 Å². The number of rotatable bonds is 11. The lowest BCUT2D eigenvalue weighted by molar-refractivity contribution is -0.175. The summed E-state index contributed by atoms with van der Waals surface area (Å²) in [4.78, 5) is 38.9. The van der Waals surface area contributed by atoms with Gasteiger partial charge in [0, 0.05) is 13.5 Å². The van der Waals surface area contributed by atoms with E-state index in [4.69, 9.17) is 18.9 Å². The molecule has 0 radical (unpaired) electrons. The molecule has 1 fully saturated rings. The number of Topliss-reactive ketones (excluding diaryl/α,β-unsaturated/α-hetero) is 1. The molecule has 1 saturated carbocycles. The Morgan fingerprint density at radius 3 is 2.28 bits per heavy atom. The smallest absolute Gasteiger partial charge is 0.313 e. The highest BCUT2D eigenvalue weighted by Gasteiger charge is 2.49. The molecule has 2 rings (SSSR count). The van der Waals surface area contributed by atoms with Gasteiger partial charge in [0.15, 0.2) is 11.4 Å². The number of carbonyl (C=O) groups is 3. The highest BCUT2D eigenvalue weighted by Crippen LogP contribution is 2.46. The summed E-state index contributed by atoms with van der Waals surface area (Å²) in [6, 6.07) is 0. The van der Waals surface area contributed by atoms with Gasteiger partial charge in [-0.3, -0.25) is 14.4 Å². The Kier molecular flexibility index (Phi) is 9.22. The Morgan fingerprint density at radius 1 is 1.06 bits per heavy atom. The summed E-state index contributed by atoms with van der Waals surface area (Å²) in [6.07, 6.45) is 10.6. The molecule has 7 heteroatoms. The maximum absolute atomic E-state index is 13.5. The van der Waals surface area contributed by atoms with E-state index in [9.17, 15) is 14.4 Å². The Hall–Kier alpha value is -1.99. The lowest BCUT2D eigenvalue weighted by Gasteiger charge is -2.36. The van der Waals surface area contributed by atoms with Gasteiger partial charge in [-0.25, -0.2) is 0 Å². The number of methoxy groups -OCH3 is 1. The molecule has 0 bridgehead atoms. The lowest BCUT2D eigenvalue weighted by atomic mass is 9.77. The highest BCUT2D eigenvalue weighted by molar-refractivity contribution is 5.91. The monoisotopic (exact) mass is 450 g/mol. The van der Waals surface area contributed by atoms with Gasteiger partial charge >= 0.3 is 11.9 Å². The zero-order valence-electron chi connectivity index (χ0n) is 20.1. The summed E-state index contributed by atoms with van der Waals surface area (Å²) in [6.45, 7) is 7.76. The third-order valence-corrected chi connectivity index (χ3v) is 6.03. The molecule has 0 amide bonds. The molecule has 2 atom stereocenters. The average Bonchev–Trinajstić information content (AvgIpc) is 3.19. The summed E-state index contributed by atoms with van der Waals surface area (Å²) < 4.78 is 22.2. The Labute approximate surface area is 191 Å². The minimum Gasteiger partial charge on any atom is -0.460 e. The summed E-state index contributed by atoms with van der Waals surface area (Å²) in [5.74, 6) is -1.65. The minimum atomic E-state index is -1.28. The predicted molar refractivity (Wildman–Crippen MR) is 120 cm³/mol. The second-order valence-corrected chi connectivity index (χ2v) is 9.82. The molecule has 0 heterocycles. The van der Waals surface area contributed by atoms with Crippen molar-refractivity contribution in [2.24, 2.45) is 11.3 Å². The van der Waals surface area contributed by atoms with Gasteiger partial charge in [0.2, 0.25) is 0 Å². The third-order valence-electron chi connectivity index (χ3n) is 6.03. The second kappa shape index (κ2) is 11.2. The molecule has 0 aromatic carbocycles. The van der Waals surface area contributed by atoms with E-state index in [0.717, 1.165) is 12.8 Å². The SMILES string of the molecule is COCCOCC(CC1(C(=O)OC2(C(C)=O)C=CC=CC2)CCCC1)C(=O)OC(C)(C)C. The number of ketones is 1. The second-order valence-electron chi connectivity index (χ2n) is 9.82. The fourth-order valence-corrected chi connectivity index (χ4v) is 4.26. The van der Waals surface area contributed by atoms with Crippen LogP contribution in [-0.2, 0) is 33.3 Å². The summed E-state index contributed by atoms with van der Waals surface area (Å²) >= 11 is 0. The van der Waals surface area contributed by atoms with Crippen molar-refractivity contribution in [3.05, 3.63) is 24.3 Å². The van der Waals surface area contributed by atoms with Crippen LogP contribution in [0.15, 0.2) is 24.3 Å². The van der Waals surface area contributed by atoms with Crippen LogP contribution in [0.3, 0.4) is 0 Å². The lowest BCUT2D eigenvalue weighted by Crippen LogP contribution is -2.46. The van der Waals surface area contributed by atoms with Crippen molar-refractivity contribution in [2.45, 2.75) is 77.4 Å². The van der Waals surface area contributed by atoms with E-state index in [2.05, 4.69) is 0 Å². The van der Waals surface area contributed by atoms with Crippen molar-refractivity contribution >= 4 is 17.7 Å². The maximum atomic E-state index is 13.5. The molecule has 2 aliphatic rings. The van der Waals surface area contributed by atoms with Gasteiger partial charge in [-0.15, -0.1) is 0 Å². The molecule has 0 aromatic rings. The van der Waals surface area contributed by atoms with Crippen molar-refractivity contribution in [3.8, 4) is 0 Å². The van der Waals surface area contributed by atoms with E-state index in [0.29, 0.717) is 32.5 Å².